The van der Waals surface area contributed by atoms with Crippen molar-refractivity contribution >= 4 is 34.8 Å². The van der Waals surface area contributed by atoms with Gasteiger partial charge in [-0.3, -0.25) is 9.59 Å². The lowest BCUT2D eigenvalue weighted by Crippen LogP contribution is -2.60. The molecule has 2 amide bonds. The predicted octanol–water partition coefficient (Wildman–Crippen LogP) is 3.88. The van der Waals surface area contributed by atoms with E-state index in [1.54, 1.807) is 32.4 Å². The van der Waals surface area contributed by atoms with Crippen molar-refractivity contribution in [1.29, 1.82) is 0 Å². The predicted molar refractivity (Wildman–Crippen MR) is 146 cm³/mol. The highest BCUT2D eigenvalue weighted by Gasteiger charge is 2.53. The highest BCUT2D eigenvalue weighted by Crippen LogP contribution is 2.44. The normalized spacial score (nSPS) is 20.3. The van der Waals surface area contributed by atoms with E-state index in [9.17, 15) is 9.59 Å². The zero-order valence-corrected chi connectivity index (χ0v) is 22.2. The van der Waals surface area contributed by atoms with Crippen LogP contribution >= 0.6 is 12.2 Å². The topological polar surface area (TPSA) is 83.1 Å². The number of nitrogens with zero attached hydrogens (tertiary/aromatic N) is 2. The van der Waals surface area contributed by atoms with Gasteiger partial charge in [-0.05, 0) is 55.6 Å². The van der Waals surface area contributed by atoms with Crippen LogP contribution in [0.2, 0.25) is 0 Å². The summed E-state index contributed by atoms with van der Waals surface area (Å²) in [4.78, 5) is 31.7. The van der Waals surface area contributed by atoms with Crippen LogP contribution in [0.3, 0.4) is 0 Å². The zero-order chi connectivity index (χ0) is 26.0. The number of rotatable bonds is 9. The molecule has 1 heterocycles. The average Bonchev–Trinajstić information content (AvgIpc) is 3.49. The maximum Gasteiger partial charge on any atom is 0.250 e. The molecule has 2 saturated carbocycles. The van der Waals surface area contributed by atoms with Gasteiger partial charge in [0.1, 0.15) is 17.0 Å². The maximum atomic E-state index is 13.9. The number of nitrogens with one attached hydrogen (secondary N) is 2. The fraction of sp³-hybridized carbons (Fsp3) is 0.464. The molecule has 2 aromatic rings. The molecule has 3 aliphatic rings. The summed E-state index contributed by atoms with van der Waals surface area (Å²) >= 11 is 5.59. The van der Waals surface area contributed by atoms with Crippen molar-refractivity contribution in [3.8, 4) is 11.5 Å². The first-order valence-electron chi connectivity index (χ1n) is 12.9. The van der Waals surface area contributed by atoms with Crippen LogP contribution in [0.1, 0.15) is 50.1 Å². The second-order valence-corrected chi connectivity index (χ2v) is 10.4. The SMILES string of the molecule is COc1ccc(NC(=O)C2(N(C(=O)CN3C[C@@H](c4ccccc4)NC3=S)C3CC3)CCCC2)c(OC)c1. The molecular formula is C28H34N4O4S. The largest absolute Gasteiger partial charge is 0.497 e. The molecule has 1 atom stereocenters. The first-order chi connectivity index (χ1) is 17.9. The van der Waals surface area contributed by atoms with E-state index in [0.29, 0.717) is 41.7 Å². The molecule has 8 nitrogen and oxygen atoms in total. The molecule has 1 saturated heterocycles. The molecule has 2 N–H and O–H groups in total. The summed E-state index contributed by atoms with van der Waals surface area (Å²) in [5, 5.41) is 7.00. The molecule has 9 heteroatoms. The molecule has 0 bridgehead atoms. The fourth-order valence-corrected chi connectivity index (χ4v) is 5.92. The molecule has 0 aromatic heterocycles. The molecule has 0 unspecified atom stereocenters. The number of carbonyl (C=O) groups is 2. The van der Waals surface area contributed by atoms with E-state index < -0.39 is 5.54 Å². The minimum Gasteiger partial charge on any atom is -0.497 e. The maximum absolute atomic E-state index is 13.9. The molecule has 1 aliphatic heterocycles. The first-order valence-corrected chi connectivity index (χ1v) is 13.3. The number of benzene rings is 2. The Labute approximate surface area is 223 Å². The van der Waals surface area contributed by atoms with Gasteiger partial charge in [0.2, 0.25) is 11.8 Å². The Hall–Kier alpha value is -3.33. The Kier molecular flexibility index (Phi) is 7.24. The van der Waals surface area contributed by atoms with Crippen LogP contribution in [0.5, 0.6) is 11.5 Å². The number of carbonyl (C=O) groups excluding carboxylic acids is 2. The van der Waals surface area contributed by atoms with Crippen molar-refractivity contribution in [1.82, 2.24) is 15.1 Å². The highest BCUT2D eigenvalue weighted by molar-refractivity contribution is 7.80. The monoisotopic (exact) mass is 522 g/mol. The third-order valence-corrected chi connectivity index (χ3v) is 8.04. The Morgan fingerprint density at radius 1 is 1.11 bits per heavy atom. The van der Waals surface area contributed by atoms with Crippen LogP contribution < -0.4 is 20.1 Å². The smallest absolute Gasteiger partial charge is 0.250 e. The van der Waals surface area contributed by atoms with E-state index in [0.717, 1.165) is 31.2 Å². The van der Waals surface area contributed by atoms with Gasteiger partial charge in [0.05, 0.1) is 32.5 Å². The number of hydrogen-bond donors (Lipinski definition) is 2. The van der Waals surface area contributed by atoms with Gasteiger partial charge in [0, 0.05) is 18.7 Å². The molecule has 2 aliphatic carbocycles. The molecule has 2 aromatic carbocycles. The van der Waals surface area contributed by atoms with Gasteiger partial charge in [-0.1, -0.05) is 43.2 Å². The Bertz CT molecular complexity index is 1160. The Morgan fingerprint density at radius 2 is 1.84 bits per heavy atom. The lowest BCUT2D eigenvalue weighted by Gasteiger charge is -2.41. The van der Waals surface area contributed by atoms with E-state index in [1.165, 1.54) is 0 Å². The second-order valence-electron chi connectivity index (χ2n) is 10.0. The Balaban J connectivity index is 1.35. The summed E-state index contributed by atoms with van der Waals surface area (Å²) in [7, 11) is 3.15. The van der Waals surface area contributed by atoms with Gasteiger partial charge in [-0.15, -0.1) is 0 Å². The van der Waals surface area contributed by atoms with E-state index in [4.69, 9.17) is 21.7 Å². The highest BCUT2D eigenvalue weighted by atomic mass is 32.1. The van der Waals surface area contributed by atoms with Crippen LogP contribution in [-0.4, -0.2) is 65.6 Å². The number of amides is 2. The molecule has 5 rings (SSSR count). The lowest BCUT2D eigenvalue weighted by atomic mass is 9.92. The van der Waals surface area contributed by atoms with Gasteiger partial charge in [0.25, 0.3) is 0 Å². The summed E-state index contributed by atoms with van der Waals surface area (Å²) in [5.74, 6) is 0.965. The van der Waals surface area contributed by atoms with Gasteiger partial charge < -0.3 is 29.9 Å². The van der Waals surface area contributed by atoms with Gasteiger partial charge in [0.15, 0.2) is 5.11 Å². The standard InChI is InChI=1S/C28H34N4O4S/c1-35-21-12-13-22(24(16-21)36-2)29-26(34)28(14-6-7-15-28)32(20-10-11-20)25(33)18-31-17-23(30-27(31)37)19-8-4-3-5-9-19/h3-5,8-9,12-13,16,20,23H,6-7,10-11,14-15,17-18H2,1-2H3,(H,29,34)(H,30,37)/t23-/m0/s1. The molecular weight excluding hydrogens is 488 g/mol. The van der Waals surface area contributed by atoms with Crippen LogP contribution in [-0.2, 0) is 9.59 Å². The second kappa shape index (κ2) is 10.6. The van der Waals surface area contributed by atoms with Crippen LogP contribution in [0, 0.1) is 0 Å². The van der Waals surface area contributed by atoms with Crippen molar-refractivity contribution < 1.29 is 19.1 Å². The van der Waals surface area contributed by atoms with Crippen molar-refractivity contribution in [2.24, 2.45) is 0 Å². The molecule has 196 valence electrons. The minimum absolute atomic E-state index is 0.0425. The van der Waals surface area contributed by atoms with Gasteiger partial charge in [-0.2, -0.15) is 0 Å². The molecule has 0 spiro atoms. The van der Waals surface area contributed by atoms with E-state index in [2.05, 4.69) is 22.8 Å². The fourth-order valence-electron chi connectivity index (χ4n) is 5.64. The zero-order valence-electron chi connectivity index (χ0n) is 21.4. The van der Waals surface area contributed by atoms with Crippen LogP contribution in [0.15, 0.2) is 48.5 Å². The third-order valence-electron chi connectivity index (χ3n) is 7.67. The minimum atomic E-state index is -0.878. The van der Waals surface area contributed by atoms with Gasteiger partial charge in [-0.25, -0.2) is 0 Å². The number of thiocarbonyl (C=S) groups is 1. The lowest BCUT2D eigenvalue weighted by molar-refractivity contribution is -0.146. The van der Waals surface area contributed by atoms with E-state index in [-0.39, 0.29) is 30.4 Å². The van der Waals surface area contributed by atoms with Crippen molar-refractivity contribution in [3.05, 3.63) is 54.1 Å². The summed E-state index contributed by atoms with van der Waals surface area (Å²) in [6.45, 7) is 0.780. The summed E-state index contributed by atoms with van der Waals surface area (Å²) in [6, 6.07) is 15.6. The van der Waals surface area contributed by atoms with Gasteiger partial charge >= 0.3 is 0 Å². The van der Waals surface area contributed by atoms with Crippen LogP contribution in [0.4, 0.5) is 5.69 Å². The number of methoxy groups -OCH3 is 2. The van der Waals surface area contributed by atoms with Crippen molar-refractivity contribution in [2.75, 3.05) is 32.6 Å². The molecule has 37 heavy (non-hydrogen) atoms. The number of anilines is 1. The average molecular weight is 523 g/mol. The first kappa shape index (κ1) is 25.3. The summed E-state index contributed by atoms with van der Waals surface area (Å²) in [6.07, 6.45) is 4.94. The summed E-state index contributed by atoms with van der Waals surface area (Å²) in [5.41, 5.74) is 0.828. The van der Waals surface area contributed by atoms with Crippen LogP contribution in [0.25, 0.3) is 0 Å². The van der Waals surface area contributed by atoms with E-state index in [1.807, 2.05) is 28.0 Å². The Morgan fingerprint density at radius 3 is 2.49 bits per heavy atom. The van der Waals surface area contributed by atoms with Crippen molar-refractivity contribution in [2.45, 2.75) is 56.1 Å². The van der Waals surface area contributed by atoms with Crippen molar-refractivity contribution in [3.63, 3.8) is 0 Å². The summed E-state index contributed by atoms with van der Waals surface area (Å²) < 4.78 is 10.8. The third kappa shape index (κ3) is 5.09. The molecule has 3 fully saturated rings. The number of ether oxygens (including phenoxy) is 2. The quantitative estimate of drug-likeness (QED) is 0.484. The number of hydrogen-bond acceptors (Lipinski definition) is 5. The molecule has 0 radical (unpaired) electrons. The van der Waals surface area contributed by atoms with E-state index >= 15 is 0 Å².